The van der Waals surface area contributed by atoms with Crippen molar-refractivity contribution < 1.29 is 0 Å². The Morgan fingerprint density at radius 3 is 2.48 bits per heavy atom. The zero-order valence-corrected chi connectivity index (χ0v) is 15.3. The van der Waals surface area contributed by atoms with Crippen molar-refractivity contribution in [2.24, 2.45) is 5.92 Å². The average molecular weight is 327 g/mol. The molecule has 0 aliphatic heterocycles. The van der Waals surface area contributed by atoms with Crippen molar-refractivity contribution in [3.63, 3.8) is 0 Å². The molecule has 1 nitrogen and oxygen atoms in total. The van der Waals surface area contributed by atoms with Gasteiger partial charge in [0.1, 0.15) is 0 Å². The lowest BCUT2D eigenvalue weighted by molar-refractivity contribution is 0.959. The first-order valence-electron chi connectivity index (χ1n) is 8.70. The molecule has 0 amide bonds. The molecular weight excluding hydrogens is 302 g/mol. The van der Waals surface area contributed by atoms with Crippen molar-refractivity contribution in [1.29, 1.82) is 0 Å². The SMILES string of the molecule is C=C/C=C\C(=C/C)C1C=Cc2c(c(C)n(-c3ccccc3)c2C)C1=C. The van der Waals surface area contributed by atoms with Crippen LogP contribution in [0.1, 0.15) is 29.4 Å². The summed E-state index contributed by atoms with van der Waals surface area (Å²) in [7, 11) is 0. The Kier molecular flexibility index (Phi) is 4.76. The summed E-state index contributed by atoms with van der Waals surface area (Å²) < 4.78 is 2.33. The highest BCUT2D eigenvalue weighted by Crippen LogP contribution is 2.41. The fourth-order valence-electron chi connectivity index (χ4n) is 3.77. The molecule has 1 atom stereocenters. The summed E-state index contributed by atoms with van der Waals surface area (Å²) in [6, 6.07) is 10.5. The highest BCUT2D eigenvalue weighted by atomic mass is 15.0. The van der Waals surface area contributed by atoms with Crippen molar-refractivity contribution in [3.8, 4) is 5.69 Å². The van der Waals surface area contributed by atoms with E-state index >= 15 is 0 Å². The number of rotatable bonds is 4. The third kappa shape index (κ3) is 2.87. The molecule has 0 saturated heterocycles. The molecule has 0 fully saturated rings. The molecule has 0 saturated carbocycles. The molecule has 1 aromatic heterocycles. The van der Waals surface area contributed by atoms with Crippen molar-refractivity contribution in [2.45, 2.75) is 20.8 Å². The molecule has 0 N–H and O–H groups in total. The first-order valence-corrected chi connectivity index (χ1v) is 8.70. The van der Waals surface area contributed by atoms with Crippen molar-refractivity contribution in [1.82, 2.24) is 4.57 Å². The van der Waals surface area contributed by atoms with Crippen LogP contribution in [-0.4, -0.2) is 4.57 Å². The minimum atomic E-state index is 0.207. The van der Waals surface area contributed by atoms with Gasteiger partial charge in [-0.05, 0) is 44.1 Å². The minimum absolute atomic E-state index is 0.207. The molecule has 0 bridgehead atoms. The first-order chi connectivity index (χ1) is 12.1. The second kappa shape index (κ2) is 6.98. The quantitative estimate of drug-likeness (QED) is 0.569. The lowest BCUT2D eigenvalue weighted by Gasteiger charge is -2.22. The van der Waals surface area contributed by atoms with E-state index in [0.29, 0.717) is 0 Å². The van der Waals surface area contributed by atoms with Gasteiger partial charge in [-0.25, -0.2) is 0 Å². The van der Waals surface area contributed by atoms with Crippen LogP contribution in [0, 0.1) is 19.8 Å². The number of benzene rings is 1. The van der Waals surface area contributed by atoms with Crippen LogP contribution in [0.15, 0.2) is 79.4 Å². The van der Waals surface area contributed by atoms with Crippen LogP contribution < -0.4 is 0 Å². The van der Waals surface area contributed by atoms with Gasteiger partial charge in [-0.15, -0.1) is 0 Å². The van der Waals surface area contributed by atoms with Crippen molar-refractivity contribution >= 4 is 11.6 Å². The summed E-state index contributed by atoms with van der Waals surface area (Å²) in [4.78, 5) is 0. The molecule has 126 valence electrons. The standard InChI is InChI=1S/C24H25N/c1-6-8-12-20(7-2)22-15-16-23-18(4)25(19(5)24(23)17(22)3)21-13-10-9-11-14-21/h6-16,22H,1,3H2,2,4-5H3/b12-8-,20-7+. The lowest BCUT2D eigenvalue weighted by Crippen LogP contribution is -2.07. The summed E-state index contributed by atoms with van der Waals surface area (Å²) in [5.41, 5.74) is 8.68. The molecule has 1 aliphatic carbocycles. The maximum atomic E-state index is 4.46. The van der Waals surface area contributed by atoms with E-state index in [1.54, 1.807) is 0 Å². The van der Waals surface area contributed by atoms with Gasteiger partial charge >= 0.3 is 0 Å². The van der Waals surface area contributed by atoms with Crippen LogP contribution in [0.3, 0.4) is 0 Å². The van der Waals surface area contributed by atoms with Crippen LogP contribution in [0.5, 0.6) is 0 Å². The lowest BCUT2D eigenvalue weighted by atomic mass is 9.81. The molecule has 0 spiro atoms. The third-order valence-electron chi connectivity index (χ3n) is 4.98. The maximum Gasteiger partial charge on any atom is 0.0455 e. The van der Waals surface area contributed by atoms with Gasteiger partial charge in [0.25, 0.3) is 0 Å². The van der Waals surface area contributed by atoms with Crippen LogP contribution in [0.2, 0.25) is 0 Å². The van der Waals surface area contributed by atoms with Crippen LogP contribution >= 0.6 is 0 Å². The van der Waals surface area contributed by atoms with Crippen molar-refractivity contribution in [2.75, 3.05) is 0 Å². The molecular formula is C24H25N. The largest absolute Gasteiger partial charge is 0.317 e. The number of hydrogen-bond donors (Lipinski definition) is 0. The normalized spacial score (nSPS) is 17.2. The summed E-state index contributed by atoms with van der Waals surface area (Å²) >= 11 is 0. The fraction of sp³-hybridized carbons (Fsp3) is 0.167. The smallest absolute Gasteiger partial charge is 0.0455 e. The minimum Gasteiger partial charge on any atom is -0.317 e. The number of fused-ring (bicyclic) bond motifs is 1. The summed E-state index contributed by atoms with van der Waals surface area (Å²) in [5, 5.41) is 0. The Labute approximate surface area is 151 Å². The molecule has 1 unspecified atom stereocenters. The van der Waals surface area contributed by atoms with E-state index in [4.69, 9.17) is 0 Å². The second-order valence-corrected chi connectivity index (χ2v) is 6.38. The van der Waals surface area contributed by atoms with Gasteiger partial charge in [0.05, 0.1) is 0 Å². The number of allylic oxidation sites excluding steroid dienone is 7. The van der Waals surface area contributed by atoms with Gasteiger partial charge in [-0.2, -0.15) is 0 Å². The van der Waals surface area contributed by atoms with Crippen LogP contribution in [-0.2, 0) is 0 Å². The Balaban J connectivity index is 2.11. The molecule has 1 aliphatic rings. The van der Waals surface area contributed by atoms with Gasteiger partial charge in [-0.1, -0.05) is 67.8 Å². The Morgan fingerprint density at radius 1 is 1.12 bits per heavy atom. The Hall–Kier alpha value is -2.80. The predicted octanol–water partition coefficient (Wildman–Crippen LogP) is 6.44. The second-order valence-electron chi connectivity index (χ2n) is 6.38. The van der Waals surface area contributed by atoms with Crippen molar-refractivity contribution in [3.05, 3.63) is 102 Å². The van der Waals surface area contributed by atoms with E-state index in [1.807, 2.05) is 12.2 Å². The number of aromatic nitrogens is 1. The third-order valence-corrected chi connectivity index (χ3v) is 4.98. The van der Waals surface area contributed by atoms with E-state index in [0.717, 1.165) is 5.57 Å². The van der Waals surface area contributed by atoms with Crippen LogP contribution in [0.4, 0.5) is 0 Å². The van der Waals surface area contributed by atoms with E-state index in [-0.39, 0.29) is 5.92 Å². The summed E-state index contributed by atoms with van der Waals surface area (Å²) in [5.74, 6) is 0.207. The molecule has 1 heterocycles. The maximum absolute atomic E-state index is 4.46. The van der Waals surface area contributed by atoms with E-state index < -0.39 is 0 Å². The van der Waals surface area contributed by atoms with Gasteiger partial charge in [-0.3, -0.25) is 0 Å². The molecule has 1 heteroatoms. The molecule has 2 aromatic rings. The zero-order chi connectivity index (χ0) is 18.0. The number of para-hydroxylation sites is 1. The average Bonchev–Trinajstić information content (AvgIpc) is 2.89. The van der Waals surface area contributed by atoms with Crippen LogP contribution in [0.25, 0.3) is 17.3 Å². The van der Waals surface area contributed by atoms with E-state index in [9.17, 15) is 0 Å². The number of nitrogens with zero attached hydrogens (tertiary/aromatic N) is 1. The number of hydrogen-bond acceptors (Lipinski definition) is 0. The topological polar surface area (TPSA) is 4.93 Å². The Morgan fingerprint density at radius 2 is 1.84 bits per heavy atom. The predicted molar refractivity (Wildman–Crippen MR) is 110 cm³/mol. The molecule has 3 rings (SSSR count). The molecule has 0 radical (unpaired) electrons. The highest BCUT2D eigenvalue weighted by Gasteiger charge is 2.26. The van der Waals surface area contributed by atoms with E-state index in [2.05, 4.69) is 93.1 Å². The van der Waals surface area contributed by atoms with Gasteiger partial charge in [0.2, 0.25) is 0 Å². The Bertz CT molecular complexity index is 901. The van der Waals surface area contributed by atoms with Gasteiger partial charge in [0.15, 0.2) is 0 Å². The summed E-state index contributed by atoms with van der Waals surface area (Å²) in [6.45, 7) is 14.7. The zero-order valence-electron chi connectivity index (χ0n) is 15.3. The molecule has 25 heavy (non-hydrogen) atoms. The molecule has 1 aromatic carbocycles. The van der Waals surface area contributed by atoms with E-state index in [1.165, 1.54) is 33.8 Å². The van der Waals surface area contributed by atoms with Gasteiger partial charge in [0, 0.05) is 34.1 Å². The highest BCUT2D eigenvalue weighted by molar-refractivity contribution is 5.85. The van der Waals surface area contributed by atoms with Gasteiger partial charge < -0.3 is 4.57 Å². The monoisotopic (exact) mass is 327 g/mol. The summed E-state index contributed by atoms with van der Waals surface area (Å²) in [6.07, 6.45) is 12.6. The fourth-order valence-corrected chi connectivity index (χ4v) is 3.77. The first kappa shape index (κ1) is 17.0.